The maximum absolute atomic E-state index is 13.4. The topological polar surface area (TPSA) is 22.3 Å². The Morgan fingerprint density at radius 2 is 1.62 bits per heavy atom. The van der Waals surface area contributed by atoms with Gasteiger partial charge in [0, 0.05) is 31.1 Å². The molecule has 0 radical (unpaired) electrons. The Kier molecular flexibility index (Phi) is 3.79. The van der Waals surface area contributed by atoms with Crippen LogP contribution in [0.2, 0.25) is 0 Å². The van der Waals surface area contributed by atoms with Gasteiger partial charge in [0.15, 0.2) is 0 Å². The maximum Gasteiger partial charge on any atom is 0.256 e. The molecule has 1 rings (SSSR count). The first kappa shape index (κ1) is 10.1. The average Bonchev–Trinajstić information content (AvgIpc) is 2.13. The summed E-state index contributed by atoms with van der Waals surface area (Å²) in [6.07, 6.45) is 0. The van der Waals surface area contributed by atoms with E-state index in [2.05, 4.69) is 0 Å². The van der Waals surface area contributed by atoms with Crippen LogP contribution in [0.15, 0.2) is 18.2 Å². The van der Waals surface area contributed by atoms with Gasteiger partial charge >= 0.3 is 0 Å². The third-order valence-electron chi connectivity index (χ3n) is 1.67. The second-order valence-corrected chi connectivity index (χ2v) is 2.66. The largest absolute Gasteiger partial charge is 0.374 e. The first-order valence-electron chi connectivity index (χ1n) is 3.96. The minimum Gasteiger partial charge on any atom is -0.374 e. The highest BCUT2D eigenvalue weighted by molar-refractivity contribution is 5.02. The van der Waals surface area contributed by atoms with E-state index in [1.54, 1.807) is 18.2 Å². The molecule has 0 aliphatic heterocycles. The van der Waals surface area contributed by atoms with Crippen LogP contribution < -0.4 is 4.79 Å². The van der Waals surface area contributed by atoms with Gasteiger partial charge in [-0.05, 0) is 6.07 Å². The molecule has 0 unspecified atom stereocenters. The summed E-state index contributed by atoms with van der Waals surface area (Å²) in [7, 11) is 3.06. The van der Waals surface area contributed by atoms with Crippen molar-refractivity contribution in [3.05, 3.63) is 29.6 Å². The van der Waals surface area contributed by atoms with Gasteiger partial charge in [-0.3, -0.25) is 0 Å². The number of ether oxygens (including phenoxy) is 2. The first-order chi connectivity index (χ1) is 6.29. The summed E-state index contributed by atoms with van der Waals surface area (Å²) in [6, 6.07) is 5.12. The van der Waals surface area contributed by atoms with Crippen LogP contribution in [0.3, 0.4) is 0 Å². The second-order valence-electron chi connectivity index (χ2n) is 2.66. The molecule has 0 N–H and O–H groups in total. The van der Waals surface area contributed by atoms with Crippen molar-refractivity contribution in [2.75, 3.05) is 14.2 Å². The molecule has 0 spiro atoms. The third kappa shape index (κ3) is 2.47. The summed E-state index contributed by atoms with van der Waals surface area (Å²) in [5.41, 5.74) is 0.967. The van der Waals surface area contributed by atoms with Gasteiger partial charge in [-0.1, -0.05) is 0 Å². The molecule has 0 saturated carbocycles. The summed E-state index contributed by atoms with van der Waals surface area (Å²) in [5.74, 6) is 0. The van der Waals surface area contributed by atoms with Gasteiger partial charge in [0.25, 0.3) is 11.4 Å². The number of halogens is 1. The molecule has 0 atom stereocenters. The third-order valence-corrected chi connectivity index (χ3v) is 1.67. The molecule has 0 bridgehead atoms. The Balaban J connectivity index is 2.89. The van der Waals surface area contributed by atoms with Crippen molar-refractivity contribution in [2.24, 2.45) is 0 Å². The second kappa shape index (κ2) is 4.89. The molecule has 0 saturated heterocycles. The van der Waals surface area contributed by atoms with E-state index in [-0.39, 0.29) is 13.2 Å². The zero-order valence-corrected chi connectivity index (χ0v) is 7.79. The molecule has 0 amide bonds. The molecule has 0 aromatic carbocycles. The van der Waals surface area contributed by atoms with Gasteiger partial charge in [-0.15, -0.1) is 0 Å². The lowest BCUT2D eigenvalue weighted by atomic mass is 10.3. The Hall–Kier alpha value is -1.00. The van der Waals surface area contributed by atoms with Crippen LogP contribution in [0.4, 0.5) is 4.48 Å². The minimum absolute atomic E-state index is 0.258. The molecule has 72 valence electrons. The fraction of sp³-hybridized carbons (Fsp3) is 0.444. The van der Waals surface area contributed by atoms with Crippen molar-refractivity contribution >= 4 is 0 Å². The predicted octanol–water partition coefficient (Wildman–Crippen LogP) is 1.000. The zero-order chi connectivity index (χ0) is 9.68. The van der Waals surface area contributed by atoms with E-state index in [4.69, 9.17) is 9.47 Å². The summed E-state index contributed by atoms with van der Waals surface area (Å²) in [4.78, 5) is 0.590. The fourth-order valence-corrected chi connectivity index (χ4v) is 1.09. The molecular weight excluding hydrogens is 173 g/mol. The normalized spacial score (nSPS) is 10.4. The van der Waals surface area contributed by atoms with E-state index in [1.807, 2.05) is 0 Å². The maximum atomic E-state index is 13.4. The van der Waals surface area contributed by atoms with Crippen molar-refractivity contribution in [3.63, 3.8) is 0 Å². The fourth-order valence-electron chi connectivity index (χ4n) is 1.09. The first-order valence-corrected chi connectivity index (χ1v) is 3.96. The van der Waals surface area contributed by atoms with Crippen LogP contribution in [-0.4, -0.2) is 14.2 Å². The van der Waals surface area contributed by atoms with Crippen molar-refractivity contribution in [2.45, 2.75) is 13.2 Å². The number of rotatable bonds is 4. The number of methoxy groups -OCH3 is 2. The molecule has 13 heavy (non-hydrogen) atoms. The Labute approximate surface area is 76.6 Å². The summed E-state index contributed by atoms with van der Waals surface area (Å²) >= 11 is 0. The van der Waals surface area contributed by atoms with E-state index in [1.165, 1.54) is 14.2 Å². The Bertz CT molecular complexity index is 254. The van der Waals surface area contributed by atoms with Crippen LogP contribution in [0.1, 0.15) is 11.4 Å². The highest BCUT2D eigenvalue weighted by Gasteiger charge is 2.16. The van der Waals surface area contributed by atoms with E-state index in [9.17, 15) is 4.48 Å². The number of aromatic nitrogens is 1. The zero-order valence-electron chi connectivity index (χ0n) is 7.79. The monoisotopic (exact) mass is 186 g/mol. The van der Waals surface area contributed by atoms with Gasteiger partial charge in [-0.25, -0.2) is 0 Å². The van der Waals surface area contributed by atoms with Gasteiger partial charge < -0.3 is 9.47 Å². The lowest BCUT2D eigenvalue weighted by Crippen LogP contribution is -2.34. The molecule has 1 aromatic heterocycles. The molecular formula is C9H13FNO2+. The Morgan fingerprint density at radius 1 is 1.15 bits per heavy atom. The molecule has 0 aliphatic rings. The summed E-state index contributed by atoms with van der Waals surface area (Å²) < 4.78 is 23.1. The van der Waals surface area contributed by atoms with Gasteiger partial charge in [0.05, 0.1) is 4.48 Å². The number of nitrogens with zero attached hydrogens (tertiary/aromatic N) is 1. The molecule has 3 nitrogen and oxygen atoms in total. The molecule has 4 heteroatoms. The van der Waals surface area contributed by atoms with E-state index < -0.39 is 0 Å². The number of pyridine rings is 1. The summed E-state index contributed by atoms with van der Waals surface area (Å²) in [5, 5.41) is 0. The van der Waals surface area contributed by atoms with Gasteiger partial charge in [-0.2, -0.15) is 0 Å². The van der Waals surface area contributed by atoms with Crippen molar-refractivity contribution < 1.29 is 18.7 Å². The summed E-state index contributed by atoms with van der Waals surface area (Å²) in [6.45, 7) is 0.516. The predicted molar refractivity (Wildman–Crippen MR) is 44.6 cm³/mol. The van der Waals surface area contributed by atoms with Crippen molar-refractivity contribution in [1.29, 1.82) is 0 Å². The van der Waals surface area contributed by atoms with Crippen LogP contribution in [-0.2, 0) is 22.7 Å². The van der Waals surface area contributed by atoms with Crippen LogP contribution >= 0.6 is 0 Å². The molecule has 0 aliphatic carbocycles. The van der Waals surface area contributed by atoms with Crippen molar-refractivity contribution in [3.8, 4) is 0 Å². The SMILES string of the molecule is COCc1cccc(COC)[n+]1F. The smallest absolute Gasteiger partial charge is 0.256 e. The quantitative estimate of drug-likeness (QED) is 0.700. The van der Waals surface area contributed by atoms with E-state index in [0.717, 1.165) is 0 Å². The van der Waals surface area contributed by atoms with Crippen molar-refractivity contribution in [1.82, 2.24) is 0 Å². The van der Waals surface area contributed by atoms with Gasteiger partial charge in [0.2, 0.25) is 0 Å². The highest BCUT2D eigenvalue weighted by atomic mass is 19.2. The number of hydrogen-bond acceptors (Lipinski definition) is 2. The standard InChI is InChI=1S/C9H13FNO2/c1-12-6-8-4-3-5-9(7-13-2)11(8)10/h3-5H,6-7H2,1-2H3/q+1. The average molecular weight is 186 g/mol. The van der Waals surface area contributed by atoms with E-state index in [0.29, 0.717) is 16.2 Å². The van der Waals surface area contributed by atoms with E-state index >= 15 is 0 Å². The van der Waals surface area contributed by atoms with Crippen LogP contribution in [0.5, 0.6) is 0 Å². The van der Waals surface area contributed by atoms with Crippen LogP contribution in [0, 0.1) is 0 Å². The minimum atomic E-state index is 0.258. The van der Waals surface area contributed by atoms with Crippen LogP contribution in [0.25, 0.3) is 0 Å². The Morgan fingerprint density at radius 3 is 2.00 bits per heavy atom. The van der Waals surface area contributed by atoms with Gasteiger partial charge in [0.1, 0.15) is 13.2 Å². The molecule has 0 fully saturated rings. The lowest BCUT2D eigenvalue weighted by molar-refractivity contribution is -0.857. The molecule has 1 aromatic rings. The highest BCUT2D eigenvalue weighted by Crippen LogP contribution is 2.00. The number of hydrogen-bond donors (Lipinski definition) is 0. The lowest BCUT2D eigenvalue weighted by Gasteiger charge is -1.97. The molecule has 1 heterocycles.